The number of hydrogen-bond acceptors (Lipinski definition) is 4. The molecule has 0 aliphatic rings. The zero-order chi connectivity index (χ0) is 14.7. The van der Waals surface area contributed by atoms with E-state index in [4.69, 9.17) is 0 Å². The van der Waals surface area contributed by atoms with Gasteiger partial charge in [-0.25, -0.2) is 0 Å². The quantitative estimate of drug-likeness (QED) is 0.795. The van der Waals surface area contributed by atoms with Crippen LogP contribution in [0.2, 0.25) is 0 Å². The van der Waals surface area contributed by atoms with Crippen LogP contribution in [0.15, 0.2) is 48.5 Å². The van der Waals surface area contributed by atoms with Gasteiger partial charge >= 0.3 is 0 Å². The lowest BCUT2D eigenvalue weighted by Gasteiger charge is -2.10. The van der Waals surface area contributed by atoms with E-state index in [9.17, 15) is 5.26 Å². The number of nitrogens with one attached hydrogen (secondary N) is 1. The minimum absolute atomic E-state index is 0.321. The number of fused-ring (bicyclic) bond motifs is 1. The fraction of sp³-hybridized carbons (Fsp3) is 0.118. The van der Waals surface area contributed by atoms with Crippen LogP contribution < -0.4 is 5.32 Å². The Balaban J connectivity index is 1.98. The number of hydrogen-bond donors (Lipinski definition) is 1. The maximum Gasteiger partial charge on any atom is 0.186 e. The standard InChI is InChI=1S/C17H14N4/c1-12-5-4-6-13(9-12)11-19-17-14-7-2-3-8-15(14)20-21-16(17)10-18/h2-9H,11H2,1H3,(H,19,20). The van der Waals surface area contributed by atoms with Gasteiger partial charge in [0.2, 0.25) is 0 Å². The van der Waals surface area contributed by atoms with Crippen LogP contribution in [0.25, 0.3) is 10.9 Å². The molecule has 3 rings (SSSR count). The molecule has 0 aliphatic carbocycles. The molecule has 2 aromatic carbocycles. The van der Waals surface area contributed by atoms with Gasteiger partial charge in [0.1, 0.15) is 6.07 Å². The predicted molar refractivity (Wildman–Crippen MR) is 82.8 cm³/mol. The smallest absolute Gasteiger partial charge is 0.186 e. The van der Waals surface area contributed by atoms with Crippen molar-refractivity contribution in [2.24, 2.45) is 0 Å². The Morgan fingerprint density at radius 3 is 2.76 bits per heavy atom. The molecular formula is C17H14N4. The van der Waals surface area contributed by atoms with Gasteiger partial charge in [-0.2, -0.15) is 5.26 Å². The van der Waals surface area contributed by atoms with Crippen molar-refractivity contribution < 1.29 is 0 Å². The van der Waals surface area contributed by atoms with Crippen LogP contribution in [0.1, 0.15) is 16.8 Å². The van der Waals surface area contributed by atoms with Gasteiger partial charge in [-0.3, -0.25) is 0 Å². The number of rotatable bonds is 3. The van der Waals surface area contributed by atoms with E-state index in [1.54, 1.807) is 0 Å². The summed E-state index contributed by atoms with van der Waals surface area (Å²) in [5.74, 6) is 0. The van der Waals surface area contributed by atoms with Crippen LogP contribution in [-0.2, 0) is 6.54 Å². The zero-order valence-electron chi connectivity index (χ0n) is 11.7. The first-order valence-electron chi connectivity index (χ1n) is 6.73. The molecule has 4 nitrogen and oxygen atoms in total. The van der Waals surface area contributed by atoms with E-state index in [1.165, 1.54) is 11.1 Å². The van der Waals surface area contributed by atoms with E-state index in [0.717, 1.165) is 16.6 Å². The van der Waals surface area contributed by atoms with Crippen molar-refractivity contribution in [3.05, 3.63) is 65.4 Å². The monoisotopic (exact) mass is 274 g/mol. The molecule has 0 fully saturated rings. The second kappa shape index (κ2) is 5.59. The Morgan fingerprint density at radius 1 is 1.10 bits per heavy atom. The lowest BCUT2D eigenvalue weighted by molar-refractivity contribution is 1.04. The van der Waals surface area contributed by atoms with Crippen LogP contribution in [-0.4, -0.2) is 10.2 Å². The van der Waals surface area contributed by atoms with Gasteiger partial charge in [-0.1, -0.05) is 48.0 Å². The molecule has 0 atom stereocenters. The third kappa shape index (κ3) is 2.67. The maximum absolute atomic E-state index is 9.23. The molecule has 0 amide bonds. The molecule has 1 N–H and O–H groups in total. The molecule has 4 heteroatoms. The minimum Gasteiger partial charge on any atom is -0.378 e. The number of benzene rings is 2. The summed E-state index contributed by atoms with van der Waals surface area (Å²) in [5, 5.41) is 21.5. The normalized spacial score (nSPS) is 10.3. The fourth-order valence-electron chi connectivity index (χ4n) is 2.32. The Labute approximate surface area is 123 Å². The van der Waals surface area contributed by atoms with Crippen molar-refractivity contribution in [3.63, 3.8) is 0 Å². The number of aryl methyl sites for hydroxylation is 1. The largest absolute Gasteiger partial charge is 0.378 e. The highest BCUT2D eigenvalue weighted by Gasteiger charge is 2.09. The summed E-state index contributed by atoms with van der Waals surface area (Å²) in [5.41, 5.74) is 4.22. The summed E-state index contributed by atoms with van der Waals surface area (Å²) in [6.45, 7) is 2.71. The summed E-state index contributed by atoms with van der Waals surface area (Å²) in [6.07, 6.45) is 0. The number of anilines is 1. The lowest BCUT2D eigenvalue weighted by Crippen LogP contribution is -2.04. The van der Waals surface area contributed by atoms with Gasteiger partial charge in [0, 0.05) is 11.9 Å². The van der Waals surface area contributed by atoms with Crippen molar-refractivity contribution >= 4 is 16.6 Å². The van der Waals surface area contributed by atoms with Crippen LogP contribution >= 0.6 is 0 Å². The van der Waals surface area contributed by atoms with Crippen molar-refractivity contribution in [2.45, 2.75) is 13.5 Å². The van der Waals surface area contributed by atoms with Crippen LogP contribution in [0, 0.1) is 18.3 Å². The molecule has 0 radical (unpaired) electrons. The predicted octanol–water partition coefficient (Wildman–Crippen LogP) is 3.42. The van der Waals surface area contributed by atoms with Gasteiger partial charge in [-0.05, 0) is 18.6 Å². The Kier molecular flexibility index (Phi) is 3.48. The van der Waals surface area contributed by atoms with Gasteiger partial charge in [0.25, 0.3) is 0 Å². The number of aromatic nitrogens is 2. The average molecular weight is 274 g/mol. The maximum atomic E-state index is 9.23. The zero-order valence-corrected chi connectivity index (χ0v) is 11.7. The molecule has 21 heavy (non-hydrogen) atoms. The summed E-state index contributed by atoms with van der Waals surface area (Å²) in [4.78, 5) is 0. The first-order chi connectivity index (χ1) is 10.3. The molecule has 0 spiro atoms. The number of nitriles is 1. The molecule has 3 aromatic rings. The highest BCUT2D eigenvalue weighted by atomic mass is 15.1. The van der Waals surface area contributed by atoms with Crippen molar-refractivity contribution in [3.8, 4) is 6.07 Å². The molecule has 0 unspecified atom stereocenters. The lowest BCUT2D eigenvalue weighted by atomic mass is 10.1. The van der Waals surface area contributed by atoms with E-state index in [1.807, 2.05) is 30.3 Å². The molecule has 0 saturated carbocycles. The van der Waals surface area contributed by atoms with E-state index in [-0.39, 0.29) is 0 Å². The summed E-state index contributed by atoms with van der Waals surface area (Å²) in [7, 11) is 0. The van der Waals surface area contributed by atoms with E-state index >= 15 is 0 Å². The van der Waals surface area contributed by atoms with Gasteiger partial charge < -0.3 is 5.32 Å². The summed E-state index contributed by atoms with van der Waals surface area (Å²) in [6, 6.07) is 18.1. The fourth-order valence-corrected chi connectivity index (χ4v) is 2.32. The van der Waals surface area contributed by atoms with Crippen molar-refractivity contribution in [1.82, 2.24) is 10.2 Å². The van der Waals surface area contributed by atoms with Crippen molar-refractivity contribution in [1.29, 1.82) is 5.26 Å². The van der Waals surface area contributed by atoms with Crippen molar-refractivity contribution in [2.75, 3.05) is 5.32 Å². The molecule has 0 saturated heterocycles. The Morgan fingerprint density at radius 2 is 1.95 bits per heavy atom. The molecule has 102 valence electrons. The molecule has 0 bridgehead atoms. The molecule has 0 aliphatic heterocycles. The first kappa shape index (κ1) is 13.1. The molecular weight excluding hydrogens is 260 g/mol. The SMILES string of the molecule is Cc1cccc(CNc2c(C#N)nnc3ccccc23)c1. The second-order valence-corrected chi connectivity index (χ2v) is 4.90. The first-order valence-corrected chi connectivity index (χ1v) is 6.73. The van der Waals surface area contributed by atoms with Crippen LogP contribution in [0.3, 0.4) is 0 Å². The third-order valence-corrected chi connectivity index (χ3v) is 3.33. The summed E-state index contributed by atoms with van der Waals surface area (Å²) >= 11 is 0. The Bertz CT molecular complexity index is 834. The average Bonchev–Trinajstić information content (AvgIpc) is 2.52. The van der Waals surface area contributed by atoms with E-state index < -0.39 is 0 Å². The van der Waals surface area contributed by atoms with Crippen LogP contribution in [0.4, 0.5) is 5.69 Å². The second-order valence-electron chi connectivity index (χ2n) is 4.90. The van der Waals surface area contributed by atoms with Crippen LogP contribution in [0.5, 0.6) is 0 Å². The molecule has 1 heterocycles. The van der Waals surface area contributed by atoms with E-state index in [2.05, 4.69) is 46.7 Å². The van der Waals surface area contributed by atoms with Gasteiger partial charge in [0.15, 0.2) is 5.69 Å². The number of nitrogens with zero attached hydrogens (tertiary/aromatic N) is 3. The third-order valence-electron chi connectivity index (χ3n) is 3.33. The highest BCUT2D eigenvalue weighted by molar-refractivity contribution is 5.92. The summed E-state index contributed by atoms with van der Waals surface area (Å²) < 4.78 is 0. The molecule has 1 aromatic heterocycles. The van der Waals surface area contributed by atoms with E-state index in [0.29, 0.717) is 12.2 Å². The Hall–Kier alpha value is -2.93. The highest BCUT2D eigenvalue weighted by Crippen LogP contribution is 2.24. The van der Waals surface area contributed by atoms with Gasteiger partial charge in [0.05, 0.1) is 11.2 Å². The van der Waals surface area contributed by atoms with Gasteiger partial charge in [-0.15, -0.1) is 10.2 Å². The topological polar surface area (TPSA) is 61.6 Å². The minimum atomic E-state index is 0.321.